The summed E-state index contributed by atoms with van der Waals surface area (Å²) < 4.78 is 5.57. The molecular formula is C13H11NO3. The maximum Gasteiger partial charge on any atom is 0.228 e. The molecule has 0 atom stereocenters. The fourth-order valence-electron chi connectivity index (χ4n) is 1.44. The predicted octanol–water partition coefficient (Wildman–Crippen LogP) is 3.26. The standard InChI is InChI=1S/C13H11NO3/c15-14(16)10-11-6-8-13(9-7-11)17-12-4-2-1-3-5-12/h1-9H,10H2. The van der Waals surface area contributed by atoms with Gasteiger partial charge in [0.25, 0.3) is 0 Å². The van der Waals surface area contributed by atoms with E-state index in [2.05, 4.69) is 0 Å². The second-order valence-corrected chi connectivity index (χ2v) is 3.55. The van der Waals surface area contributed by atoms with E-state index in [9.17, 15) is 10.1 Å². The Morgan fingerprint density at radius 3 is 2.12 bits per heavy atom. The van der Waals surface area contributed by atoms with Crippen molar-refractivity contribution in [1.82, 2.24) is 0 Å². The lowest BCUT2D eigenvalue weighted by atomic mass is 10.2. The first-order valence-corrected chi connectivity index (χ1v) is 5.18. The Hall–Kier alpha value is -2.36. The number of nitro groups is 1. The summed E-state index contributed by atoms with van der Waals surface area (Å²) in [5.74, 6) is 1.41. The van der Waals surface area contributed by atoms with Crippen LogP contribution < -0.4 is 4.74 Å². The highest BCUT2D eigenvalue weighted by Gasteiger charge is 2.02. The Morgan fingerprint density at radius 2 is 1.53 bits per heavy atom. The highest BCUT2D eigenvalue weighted by molar-refractivity contribution is 5.32. The van der Waals surface area contributed by atoms with Crippen molar-refractivity contribution in [1.29, 1.82) is 0 Å². The summed E-state index contributed by atoms with van der Waals surface area (Å²) in [4.78, 5) is 9.96. The summed E-state index contributed by atoms with van der Waals surface area (Å²) in [7, 11) is 0. The van der Waals surface area contributed by atoms with Crippen LogP contribution in [-0.4, -0.2) is 4.92 Å². The van der Waals surface area contributed by atoms with E-state index in [-0.39, 0.29) is 11.5 Å². The molecular weight excluding hydrogens is 218 g/mol. The van der Waals surface area contributed by atoms with Crippen LogP contribution in [-0.2, 0) is 6.54 Å². The van der Waals surface area contributed by atoms with Crippen molar-refractivity contribution < 1.29 is 9.66 Å². The van der Waals surface area contributed by atoms with Crippen LogP contribution in [0.2, 0.25) is 0 Å². The summed E-state index contributed by atoms with van der Waals surface area (Å²) >= 11 is 0. The molecule has 0 heterocycles. The SMILES string of the molecule is O=[N+]([O-])Cc1ccc(Oc2ccccc2)cc1. The maximum atomic E-state index is 10.3. The lowest BCUT2D eigenvalue weighted by Gasteiger charge is -2.05. The van der Waals surface area contributed by atoms with Crippen molar-refractivity contribution in [2.75, 3.05) is 0 Å². The predicted molar refractivity (Wildman–Crippen MR) is 63.7 cm³/mol. The van der Waals surface area contributed by atoms with Gasteiger partial charge in [-0.3, -0.25) is 10.1 Å². The molecule has 2 rings (SSSR count). The lowest BCUT2D eigenvalue weighted by Crippen LogP contribution is -1.97. The molecule has 4 nitrogen and oxygen atoms in total. The molecule has 0 radical (unpaired) electrons. The molecule has 17 heavy (non-hydrogen) atoms. The van der Waals surface area contributed by atoms with Crippen LogP contribution >= 0.6 is 0 Å². The Bertz CT molecular complexity index is 494. The topological polar surface area (TPSA) is 52.4 Å². The van der Waals surface area contributed by atoms with Crippen LogP contribution in [0.5, 0.6) is 11.5 Å². The van der Waals surface area contributed by atoms with Gasteiger partial charge in [-0.25, -0.2) is 0 Å². The first-order valence-electron chi connectivity index (χ1n) is 5.18. The first kappa shape index (κ1) is 11.1. The van der Waals surface area contributed by atoms with Gasteiger partial charge in [0.1, 0.15) is 11.5 Å². The van der Waals surface area contributed by atoms with Crippen LogP contribution in [0.15, 0.2) is 54.6 Å². The number of rotatable bonds is 4. The van der Waals surface area contributed by atoms with E-state index in [1.165, 1.54) is 0 Å². The van der Waals surface area contributed by atoms with Crippen LogP contribution in [0, 0.1) is 10.1 Å². The quantitative estimate of drug-likeness (QED) is 0.597. The van der Waals surface area contributed by atoms with Crippen molar-refractivity contribution >= 4 is 0 Å². The molecule has 0 aromatic heterocycles. The zero-order chi connectivity index (χ0) is 12.1. The average molecular weight is 229 g/mol. The van der Waals surface area contributed by atoms with Gasteiger partial charge in [-0.05, 0) is 36.4 Å². The molecule has 4 heteroatoms. The number of nitrogens with zero attached hydrogens (tertiary/aromatic N) is 1. The van der Waals surface area contributed by atoms with Gasteiger partial charge in [-0.15, -0.1) is 0 Å². The smallest absolute Gasteiger partial charge is 0.228 e. The summed E-state index contributed by atoms with van der Waals surface area (Å²) in [6, 6.07) is 16.2. The third kappa shape index (κ3) is 3.31. The van der Waals surface area contributed by atoms with Gasteiger partial charge in [0.05, 0.1) is 0 Å². The Morgan fingerprint density at radius 1 is 0.941 bits per heavy atom. The molecule has 0 bridgehead atoms. The molecule has 0 aliphatic carbocycles. The van der Waals surface area contributed by atoms with Crippen LogP contribution in [0.25, 0.3) is 0 Å². The van der Waals surface area contributed by atoms with Crippen molar-refractivity contribution in [3.63, 3.8) is 0 Å². The highest BCUT2D eigenvalue weighted by atomic mass is 16.6. The van der Waals surface area contributed by atoms with Crippen molar-refractivity contribution in [3.8, 4) is 11.5 Å². The van der Waals surface area contributed by atoms with E-state index in [0.29, 0.717) is 11.3 Å². The van der Waals surface area contributed by atoms with Crippen molar-refractivity contribution in [3.05, 3.63) is 70.3 Å². The number of hydrogen-bond donors (Lipinski definition) is 0. The van der Waals surface area contributed by atoms with E-state index in [4.69, 9.17) is 4.74 Å². The monoisotopic (exact) mass is 229 g/mol. The molecule has 86 valence electrons. The molecule has 0 aliphatic heterocycles. The van der Waals surface area contributed by atoms with Crippen LogP contribution in [0.4, 0.5) is 0 Å². The third-order valence-corrected chi connectivity index (χ3v) is 2.21. The number of benzene rings is 2. The second kappa shape index (κ2) is 5.12. The molecule has 0 N–H and O–H groups in total. The lowest BCUT2D eigenvalue weighted by molar-refractivity contribution is -0.496. The Labute approximate surface area is 98.6 Å². The third-order valence-electron chi connectivity index (χ3n) is 2.21. The zero-order valence-electron chi connectivity index (χ0n) is 9.08. The fraction of sp³-hybridized carbons (Fsp3) is 0.0769. The largest absolute Gasteiger partial charge is 0.457 e. The summed E-state index contributed by atoms with van der Waals surface area (Å²) in [6.45, 7) is -0.161. The highest BCUT2D eigenvalue weighted by Crippen LogP contribution is 2.21. The van der Waals surface area contributed by atoms with E-state index < -0.39 is 0 Å². The minimum absolute atomic E-state index is 0.161. The van der Waals surface area contributed by atoms with E-state index in [1.54, 1.807) is 24.3 Å². The number of para-hydroxylation sites is 1. The van der Waals surface area contributed by atoms with Gasteiger partial charge in [0, 0.05) is 10.5 Å². The fourth-order valence-corrected chi connectivity index (χ4v) is 1.44. The molecule has 0 saturated carbocycles. The van der Waals surface area contributed by atoms with Crippen LogP contribution in [0.1, 0.15) is 5.56 Å². The van der Waals surface area contributed by atoms with Gasteiger partial charge in [0.2, 0.25) is 6.54 Å². The van der Waals surface area contributed by atoms with E-state index in [0.717, 1.165) is 5.75 Å². The first-order chi connectivity index (χ1) is 8.24. The van der Waals surface area contributed by atoms with Gasteiger partial charge in [-0.2, -0.15) is 0 Å². The normalized spacial score (nSPS) is 9.88. The number of ether oxygens (including phenoxy) is 1. The second-order valence-electron chi connectivity index (χ2n) is 3.55. The molecule has 0 saturated heterocycles. The van der Waals surface area contributed by atoms with E-state index >= 15 is 0 Å². The van der Waals surface area contributed by atoms with Crippen LogP contribution in [0.3, 0.4) is 0 Å². The van der Waals surface area contributed by atoms with Crippen molar-refractivity contribution in [2.45, 2.75) is 6.54 Å². The van der Waals surface area contributed by atoms with Gasteiger partial charge < -0.3 is 4.74 Å². The van der Waals surface area contributed by atoms with Gasteiger partial charge in [0.15, 0.2) is 0 Å². The average Bonchev–Trinajstić information content (AvgIpc) is 2.32. The molecule has 0 unspecified atom stereocenters. The van der Waals surface area contributed by atoms with Gasteiger partial charge >= 0.3 is 0 Å². The molecule has 2 aromatic rings. The minimum Gasteiger partial charge on any atom is -0.457 e. The van der Waals surface area contributed by atoms with Gasteiger partial charge in [-0.1, -0.05) is 18.2 Å². The summed E-state index contributed by atoms with van der Waals surface area (Å²) in [6.07, 6.45) is 0. The maximum absolute atomic E-state index is 10.3. The minimum atomic E-state index is -0.354. The Balaban J connectivity index is 2.06. The van der Waals surface area contributed by atoms with Crippen molar-refractivity contribution in [2.24, 2.45) is 0 Å². The van der Waals surface area contributed by atoms with E-state index in [1.807, 2.05) is 30.3 Å². The molecule has 0 amide bonds. The summed E-state index contributed by atoms with van der Waals surface area (Å²) in [5.41, 5.74) is 0.662. The molecule has 0 aliphatic rings. The molecule has 0 spiro atoms. The number of hydrogen-bond acceptors (Lipinski definition) is 3. The molecule has 2 aromatic carbocycles. The Kier molecular flexibility index (Phi) is 3.35. The molecule has 0 fully saturated rings. The zero-order valence-corrected chi connectivity index (χ0v) is 9.08. The summed E-state index contributed by atoms with van der Waals surface area (Å²) in [5, 5.41) is 10.3.